The summed E-state index contributed by atoms with van der Waals surface area (Å²) in [4.78, 5) is 13.7. The van der Waals surface area contributed by atoms with Crippen LogP contribution in [0.4, 0.5) is 14.5 Å². The molecule has 0 unspecified atom stereocenters. The van der Waals surface area contributed by atoms with Crippen LogP contribution in [0, 0.1) is 10.1 Å². The summed E-state index contributed by atoms with van der Waals surface area (Å²) in [6, 6.07) is 2.86. The molecule has 0 saturated carbocycles. The van der Waals surface area contributed by atoms with Crippen molar-refractivity contribution in [2.24, 2.45) is 10.7 Å². The fourth-order valence-electron chi connectivity index (χ4n) is 1.90. The van der Waals surface area contributed by atoms with Crippen LogP contribution in [0.5, 0.6) is 0 Å². The SMILES string of the molecule is C[C@]1(c2cc([N+](=O)[O-])ccc2Cl)N=C(N)OCC1(F)F. The molecule has 9 heteroatoms. The molecule has 6 nitrogen and oxygen atoms in total. The van der Waals surface area contributed by atoms with Crippen molar-refractivity contribution in [1.82, 2.24) is 0 Å². The molecule has 108 valence electrons. The van der Waals surface area contributed by atoms with Crippen molar-refractivity contribution in [2.45, 2.75) is 18.4 Å². The van der Waals surface area contributed by atoms with Crippen molar-refractivity contribution >= 4 is 23.3 Å². The number of aliphatic imine (C=N–C) groups is 1. The van der Waals surface area contributed by atoms with Crippen LogP contribution >= 0.6 is 11.6 Å². The summed E-state index contributed by atoms with van der Waals surface area (Å²) in [5.74, 6) is -3.41. The first-order chi connectivity index (χ1) is 9.17. The molecule has 0 radical (unpaired) electrons. The van der Waals surface area contributed by atoms with E-state index >= 15 is 0 Å². The minimum atomic E-state index is -3.41. The van der Waals surface area contributed by atoms with Crippen LogP contribution in [-0.2, 0) is 10.3 Å². The van der Waals surface area contributed by atoms with Crippen LogP contribution in [0.15, 0.2) is 23.2 Å². The standard InChI is InChI=1S/C11H10ClF2N3O3/c1-10(11(13,14)5-20-9(15)16-10)7-4-6(17(18)19)2-3-8(7)12/h2-4H,5H2,1H3,(H2,15,16)/t10-/m1/s1. The van der Waals surface area contributed by atoms with Gasteiger partial charge in [0.2, 0.25) is 0 Å². The van der Waals surface area contributed by atoms with Gasteiger partial charge in [-0.05, 0) is 13.0 Å². The topological polar surface area (TPSA) is 90.8 Å². The highest BCUT2D eigenvalue weighted by atomic mass is 35.5. The van der Waals surface area contributed by atoms with Gasteiger partial charge >= 0.3 is 5.92 Å². The van der Waals surface area contributed by atoms with E-state index in [1.54, 1.807) is 0 Å². The summed E-state index contributed by atoms with van der Waals surface area (Å²) in [7, 11) is 0. The summed E-state index contributed by atoms with van der Waals surface area (Å²) >= 11 is 5.89. The Labute approximate surface area is 117 Å². The molecular weight excluding hydrogens is 296 g/mol. The van der Waals surface area contributed by atoms with Gasteiger partial charge in [-0.25, -0.2) is 4.99 Å². The van der Waals surface area contributed by atoms with Gasteiger partial charge in [0, 0.05) is 22.7 Å². The maximum atomic E-state index is 14.1. The lowest BCUT2D eigenvalue weighted by molar-refractivity contribution is -0.385. The van der Waals surface area contributed by atoms with E-state index in [4.69, 9.17) is 17.3 Å². The molecule has 2 N–H and O–H groups in total. The molecule has 2 rings (SSSR count). The Kier molecular flexibility index (Phi) is 3.29. The number of non-ortho nitro benzene ring substituents is 1. The number of nitrogens with zero attached hydrogens (tertiary/aromatic N) is 2. The van der Waals surface area contributed by atoms with E-state index in [9.17, 15) is 18.9 Å². The number of benzene rings is 1. The third-order valence-electron chi connectivity index (χ3n) is 3.13. The number of hydrogen-bond donors (Lipinski definition) is 1. The molecule has 0 bridgehead atoms. The quantitative estimate of drug-likeness (QED) is 0.671. The molecular formula is C11H10ClF2N3O3. The minimum absolute atomic E-state index is 0.0591. The molecule has 1 aliphatic rings. The Morgan fingerprint density at radius 3 is 2.80 bits per heavy atom. The number of ether oxygens (including phenoxy) is 1. The number of nitro groups is 1. The fourth-order valence-corrected chi connectivity index (χ4v) is 2.20. The number of nitro benzene ring substituents is 1. The fraction of sp³-hybridized carbons (Fsp3) is 0.364. The van der Waals surface area contributed by atoms with Gasteiger partial charge in [-0.1, -0.05) is 11.6 Å². The number of hydrogen-bond acceptors (Lipinski definition) is 5. The van der Waals surface area contributed by atoms with Gasteiger partial charge in [0.05, 0.1) is 4.92 Å². The first-order valence-corrected chi connectivity index (χ1v) is 5.85. The summed E-state index contributed by atoms with van der Waals surface area (Å²) in [6.07, 6.45) is 0. The molecule has 0 aliphatic carbocycles. The van der Waals surface area contributed by atoms with Gasteiger partial charge < -0.3 is 10.5 Å². The molecule has 1 heterocycles. The normalized spacial score (nSPS) is 24.7. The smallest absolute Gasteiger partial charge is 0.310 e. The first-order valence-electron chi connectivity index (χ1n) is 5.48. The molecule has 1 aromatic carbocycles. The van der Waals surface area contributed by atoms with E-state index in [1.165, 1.54) is 6.07 Å². The van der Waals surface area contributed by atoms with E-state index < -0.39 is 29.0 Å². The number of nitrogens with two attached hydrogens (primary N) is 1. The number of alkyl halides is 2. The summed E-state index contributed by atoms with van der Waals surface area (Å²) < 4.78 is 32.7. The van der Waals surface area contributed by atoms with Crippen molar-refractivity contribution in [1.29, 1.82) is 0 Å². The minimum Gasteiger partial charge on any atom is -0.459 e. The van der Waals surface area contributed by atoms with Gasteiger partial charge in [0.1, 0.15) is 0 Å². The molecule has 0 amide bonds. The largest absolute Gasteiger partial charge is 0.459 e. The molecule has 0 spiro atoms. The van der Waals surface area contributed by atoms with E-state index in [0.29, 0.717) is 0 Å². The van der Waals surface area contributed by atoms with Crippen LogP contribution in [0.2, 0.25) is 5.02 Å². The average molecular weight is 306 g/mol. The Hall–Kier alpha value is -1.96. The van der Waals surface area contributed by atoms with Crippen LogP contribution in [0.1, 0.15) is 12.5 Å². The second-order valence-electron chi connectivity index (χ2n) is 4.44. The molecule has 1 aromatic rings. The van der Waals surface area contributed by atoms with E-state index in [2.05, 4.69) is 9.73 Å². The van der Waals surface area contributed by atoms with Crippen LogP contribution in [0.25, 0.3) is 0 Å². The van der Waals surface area contributed by atoms with Gasteiger partial charge in [-0.2, -0.15) is 8.78 Å². The van der Waals surface area contributed by atoms with Crippen molar-refractivity contribution in [3.8, 4) is 0 Å². The molecule has 0 aromatic heterocycles. The molecule has 20 heavy (non-hydrogen) atoms. The van der Waals surface area contributed by atoms with Gasteiger partial charge in [0.15, 0.2) is 12.1 Å². The Bertz CT molecular complexity index is 609. The van der Waals surface area contributed by atoms with E-state index in [0.717, 1.165) is 19.1 Å². The second-order valence-corrected chi connectivity index (χ2v) is 4.84. The lowest BCUT2D eigenvalue weighted by Gasteiger charge is -2.37. The van der Waals surface area contributed by atoms with Crippen molar-refractivity contribution in [2.75, 3.05) is 6.61 Å². The zero-order valence-corrected chi connectivity index (χ0v) is 11.0. The van der Waals surface area contributed by atoms with Crippen LogP contribution in [0.3, 0.4) is 0 Å². The van der Waals surface area contributed by atoms with Gasteiger partial charge in [-0.3, -0.25) is 10.1 Å². The van der Waals surface area contributed by atoms with Gasteiger partial charge in [-0.15, -0.1) is 0 Å². The summed E-state index contributed by atoms with van der Waals surface area (Å²) in [6.45, 7) is 0.130. The highest BCUT2D eigenvalue weighted by Gasteiger charge is 2.56. The third-order valence-corrected chi connectivity index (χ3v) is 3.46. The number of rotatable bonds is 2. The second kappa shape index (κ2) is 4.55. The molecule has 0 saturated heterocycles. The summed E-state index contributed by atoms with van der Waals surface area (Å²) in [5, 5.41) is 10.7. The highest BCUT2D eigenvalue weighted by molar-refractivity contribution is 6.31. The zero-order valence-electron chi connectivity index (χ0n) is 10.3. The average Bonchev–Trinajstić information content (AvgIpc) is 2.35. The van der Waals surface area contributed by atoms with Crippen LogP contribution < -0.4 is 5.73 Å². The monoisotopic (exact) mass is 305 g/mol. The lowest BCUT2D eigenvalue weighted by atomic mass is 9.85. The van der Waals surface area contributed by atoms with Crippen LogP contribution in [-0.4, -0.2) is 23.5 Å². The maximum absolute atomic E-state index is 14.1. The third kappa shape index (κ3) is 2.15. The number of halogens is 3. The maximum Gasteiger partial charge on any atom is 0.310 e. The Balaban J connectivity index is 2.66. The first kappa shape index (κ1) is 14.4. The van der Waals surface area contributed by atoms with E-state index in [-0.39, 0.29) is 16.3 Å². The lowest BCUT2D eigenvalue weighted by Crippen LogP contribution is -2.51. The number of amidine groups is 1. The van der Waals surface area contributed by atoms with Gasteiger partial charge in [0.25, 0.3) is 11.7 Å². The molecule has 0 fully saturated rings. The van der Waals surface area contributed by atoms with Crippen molar-refractivity contribution in [3.05, 3.63) is 38.9 Å². The van der Waals surface area contributed by atoms with E-state index in [1.807, 2.05) is 0 Å². The summed E-state index contributed by atoms with van der Waals surface area (Å²) in [5.41, 5.74) is 2.67. The predicted molar refractivity (Wildman–Crippen MR) is 68.0 cm³/mol. The Morgan fingerprint density at radius 1 is 1.55 bits per heavy atom. The molecule has 1 atom stereocenters. The van der Waals surface area contributed by atoms with Crippen molar-refractivity contribution < 1.29 is 18.4 Å². The van der Waals surface area contributed by atoms with Crippen molar-refractivity contribution in [3.63, 3.8) is 0 Å². The Morgan fingerprint density at radius 2 is 2.20 bits per heavy atom. The zero-order chi connectivity index (χ0) is 15.1. The molecule has 1 aliphatic heterocycles. The predicted octanol–water partition coefficient (Wildman–Crippen LogP) is 2.44. The highest BCUT2D eigenvalue weighted by Crippen LogP contribution is 2.46.